The first-order valence-electron chi connectivity index (χ1n) is 8.03. The Morgan fingerprint density at radius 3 is 2.68 bits per heavy atom. The number of hydrogen-bond donors (Lipinski definition) is 1. The van der Waals surface area contributed by atoms with Crippen LogP contribution >= 0.6 is 0 Å². The Kier molecular flexibility index (Phi) is 5.79. The molecule has 0 radical (unpaired) electrons. The summed E-state index contributed by atoms with van der Waals surface area (Å²) in [7, 11) is -1.47. The van der Waals surface area contributed by atoms with E-state index in [1.165, 1.54) is 18.4 Å². The van der Waals surface area contributed by atoms with Gasteiger partial charge in [-0.1, -0.05) is 12.5 Å². The normalized spacial score (nSPS) is 20.6. The monoisotopic (exact) mass is 369 g/mol. The topological polar surface area (TPSA) is 110 Å². The van der Waals surface area contributed by atoms with Gasteiger partial charge in [0, 0.05) is 18.4 Å². The molecule has 1 N–H and O–H groups in total. The number of benzene rings is 1. The molecular formula is C16H23N3O5S. The number of carbonyl (C=O) groups excluding carboxylic acids is 1. The van der Waals surface area contributed by atoms with Gasteiger partial charge >= 0.3 is 0 Å². The van der Waals surface area contributed by atoms with E-state index in [1.54, 1.807) is 24.9 Å². The van der Waals surface area contributed by atoms with E-state index in [2.05, 4.69) is 5.32 Å². The van der Waals surface area contributed by atoms with Crippen LogP contribution in [0, 0.1) is 17.0 Å². The lowest BCUT2D eigenvalue weighted by atomic mass is 10.2. The van der Waals surface area contributed by atoms with E-state index >= 15 is 0 Å². The highest BCUT2D eigenvalue weighted by Crippen LogP contribution is 2.29. The molecule has 1 amide bonds. The van der Waals surface area contributed by atoms with Crippen molar-refractivity contribution in [2.45, 2.75) is 37.5 Å². The van der Waals surface area contributed by atoms with Crippen LogP contribution in [0.1, 0.15) is 24.8 Å². The zero-order chi connectivity index (χ0) is 18.8. The fourth-order valence-corrected chi connectivity index (χ4v) is 4.85. The first-order chi connectivity index (χ1) is 11.6. The number of aryl methyl sites for hydroxylation is 1. The van der Waals surface area contributed by atoms with E-state index < -0.39 is 25.9 Å². The Balaban J connectivity index is 2.07. The number of rotatable bonds is 6. The van der Waals surface area contributed by atoms with Gasteiger partial charge in [0.2, 0.25) is 5.91 Å². The van der Waals surface area contributed by atoms with E-state index in [9.17, 15) is 23.3 Å². The molecule has 1 fully saturated rings. The number of nitrogens with one attached hydrogen (secondary N) is 1. The van der Waals surface area contributed by atoms with E-state index in [-0.39, 0.29) is 24.0 Å². The summed E-state index contributed by atoms with van der Waals surface area (Å²) in [6.07, 6.45) is 3.34. The lowest BCUT2D eigenvalue weighted by Gasteiger charge is -2.28. The number of nitro groups is 1. The summed E-state index contributed by atoms with van der Waals surface area (Å²) in [6.45, 7) is 1.71. The van der Waals surface area contributed by atoms with E-state index in [4.69, 9.17) is 0 Å². The van der Waals surface area contributed by atoms with Gasteiger partial charge in [-0.25, -0.2) is 8.42 Å². The van der Waals surface area contributed by atoms with E-state index in [1.807, 2.05) is 0 Å². The number of hydrogen-bond acceptors (Lipinski definition) is 6. The van der Waals surface area contributed by atoms with Crippen molar-refractivity contribution in [3.63, 3.8) is 0 Å². The van der Waals surface area contributed by atoms with Gasteiger partial charge in [0.15, 0.2) is 9.84 Å². The van der Waals surface area contributed by atoms with Gasteiger partial charge in [-0.15, -0.1) is 0 Å². The smallest absolute Gasteiger partial charge is 0.293 e. The van der Waals surface area contributed by atoms with Gasteiger partial charge in [0.1, 0.15) is 5.69 Å². The van der Waals surface area contributed by atoms with Crippen molar-refractivity contribution in [3.8, 4) is 0 Å². The van der Waals surface area contributed by atoms with Crippen molar-refractivity contribution in [3.05, 3.63) is 33.9 Å². The molecule has 0 aromatic heterocycles. The number of sulfone groups is 1. The zero-order valence-corrected chi connectivity index (χ0v) is 15.4. The van der Waals surface area contributed by atoms with Crippen LogP contribution < -0.4 is 5.32 Å². The predicted molar refractivity (Wildman–Crippen MR) is 95.4 cm³/mol. The van der Waals surface area contributed by atoms with Crippen molar-refractivity contribution in [2.24, 2.45) is 0 Å². The van der Waals surface area contributed by atoms with Crippen molar-refractivity contribution < 1.29 is 18.1 Å². The number of nitrogens with zero attached hydrogens (tertiary/aromatic N) is 2. The second-order valence-electron chi connectivity index (χ2n) is 6.61. The molecule has 1 aliphatic carbocycles. The minimum absolute atomic E-state index is 0.0261. The second-order valence-corrected chi connectivity index (χ2v) is 8.87. The highest BCUT2D eigenvalue weighted by Gasteiger charge is 2.37. The van der Waals surface area contributed by atoms with Crippen LogP contribution in [0.4, 0.5) is 11.4 Å². The van der Waals surface area contributed by atoms with Gasteiger partial charge in [-0.3, -0.25) is 19.8 Å². The number of nitro benzene ring substituents is 1. The second kappa shape index (κ2) is 7.49. The molecular weight excluding hydrogens is 346 g/mol. The van der Waals surface area contributed by atoms with Crippen LogP contribution in [-0.2, 0) is 14.6 Å². The van der Waals surface area contributed by atoms with E-state index in [0.717, 1.165) is 12.0 Å². The summed E-state index contributed by atoms with van der Waals surface area (Å²) in [6, 6.07) is 4.37. The molecule has 1 aromatic carbocycles. The van der Waals surface area contributed by atoms with Crippen LogP contribution in [0.25, 0.3) is 0 Å². The highest BCUT2D eigenvalue weighted by molar-refractivity contribution is 7.91. The minimum atomic E-state index is -3.18. The zero-order valence-electron chi connectivity index (χ0n) is 14.6. The predicted octanol–water partition coefficient (Wildman–Crippen LogP) is 1.74. The summed E-state index contributed by atoms with van der Waals surface area (Å²) in [4.78, 5) is 24.6. The standard InChI is InChI=1S/C16H23N3O5S/c1-11-7-8-12(14(9-11)19(21)22)17-16(20)10-18(2)13-5-4-6-15(13)25(3,23)24/h7-9,13,15H,4-6,10H2,1-3H3,(H,17,20)/t13-,15-/m0/s1. The van der Waals surface area contributed by atoms with Crippen molar-refractivity contribution in [1.29, 1.82) is 0 Å². The highest BCUT2D eigenvalue weighted by atomic mass is 32.2. The van der Waals surface area contributed by atoms with Crippen LogP contribution in [-0.4, -0.2) is 55.3 Å². The third-order valence-corrected chi connectivity index (χ3v) is 6.20. The average Bonchev–Trinajstić information content (AvgIpc) is 2.98. The summed E-state index contributed by atoms with van der Waals surface area (Å²) in [5.41, 5.74) is 0.703. The molecule has 1 aliphatic rings. The number of anilines is 1. The maximum Gasteiger partial charge on any atom is 0.293 e. The number of amides is 1. The molecule has 0 aliphatic heterocycles. The average molecular weight is 369 g/mol. The number of carbonyl (C=O) groups is 1. The van der Waals surface area contributed by atoms with Gasteiger partial charge in [0.25, 0.3) is 5.69 Å². The third-order valence-electron chi connectivity index (χ3n) is 4.55. The third kappa shape index (κ3) is 4.76. The Bertz CT molecular complexity index is 778. The van der Waals surface area contributed by atoms with E-state index in [0.29, 0.717) is 12.8 Å². The van der Waals surface area contributed by atoms with Crippen LogP contribution in [0.5, 0.6) is 0 Å². The van der Waals surface area contributed by atoms with Gasteiger partial charge < -0.3 is 5.32 Å². The Morgan fingerprint density at radius 2 is 2.08 bits per heavy atom. The van der Waals surface area contributed by atoms with Crippen molar-refractivity contribution in [2.75, 3.05) is 25.2 Å². The van der Waals surface area contributed by atoms with Gasteiger partial charge in [-0.05, 0) is 38.4 Å². The molecule has 0 bridgehead atoms. The fourth-order valence-electron chi connectivity index (χ4n) is 3.34. The van der Waals surface area contributed by atoms with Gasteiger partial charge in [-0.2, -0.15) is 0 Å². The molecule has 0 spiro atoms. The first-order valence-corrected chi connectivity index (χ1v) is 9.99. The number of likely N-dealkylation sites (N-methyl/N-ethyl adjacent to an activating group) is 1. The Hall–Kier alpha value is -2.00. The SMILES string of the molecule is Cc1ccc(NC(=O)CN(C)[C@H]2CCC[C@@H]2S(C)(=O)=O)c([N+](=O)[O-])c1. The maximum absolute atomic E-state index is 12.3. The molecule has 0 heterocycles. The Morgan fingerprint density at radius 1 is 1.40 bits per heavy atom. The largest absolute Gasteiger partial charge is 0.319 e. The van der Waals surface area contributed by atoms with Crippen LogP contribution in [0.15, 0.2) is 18.2 Å². The molecule has 0 saturated heterocycles. The molecule has 25 heavy (non-hydrogen) atoms. The summed E-state index contributed by atoms with van der Waals surface area (Å²) in [5.74, 6) is -0.409. The van der Waals surface area contributed by atoms with Crippen LogP contribution in [0.3, 0.4) is 0 Å². The van der Waals surface area contributed by atoms with Gasteiger partial charge in [0.05, 0.1) is 16.7 Å². The molecule has 0 unspecified atom stereocenters. The Labute approximate surface area is 147 Å². The quantitative estimate of drug-likeness (QED) is 0.604. The fraction of sp³-hybridized carbons (Fsp3) is 0.562. The van der Waals surface area contributed by atoms with Crippen molar-refractivity contribution >= 4 is 27.1 Å². The molecule has 1 saturated carbocycles. The first kappa shape index (κ1) is 19.3. The summed E-state index contributed by atoms with van der Waals surface area (Å²) >= 11 is 0. The summed E-state index contributed by atoms with van der Waals surface area (Å²) in [5, 5.41) is 13.2. The molecule has 2 rings (SSSR count). The molecule has 138 valence electrons. The molecule has 9 heteroatoms. The lowest BCUT2D eigenvalue weighted by molar-refractivity contribution is -0.384. The van der Waals surface area contributed by atoms with Crippen LogP contribution in [0.2, 0.25) is 0 Å². The summed E-state index contributed by atoms with van der Waals surface area (Å²) < 4.78 is 23.7. The molecule has 1 aromatic rings. The lowest BCUT2D eigenvalue weighted by Crippen LogP contribution is -2.44. The molecule has 2 atom stereocenters. The van der Waals surface area contributed by atoms with Crippen molar-refractivity contribution in [1.82, 2.24) is 4.90 Å². The molecule has 8 nitrogen and oxygen atoms in total. The maximum atomic E-state index is 12.3. The minimum Gasteiger partial charge on any atom is -0.319 e.